The lowest BCUT2D eigenvalue weighted by molar-refractivity contribution is -0.117. The maximum absolute atomic E-state index is 11.3. The molecule has 0 spiro atoms. The summed E-state index contributed by atoms with van der Waals surface area (Å²) in [4.78, 5) is 11.3. The van der Waals surface area contributed by atoms with Gasteiger partial charge >= 0.3 is 0 Å². The molecule has 11 heavy (non-hydrogen) atoms. The number of rotatable bonds is 3. The van der Waals surface area contributed by atoms with Crippen LogP contribution in [0.2, 0.25) is 0 Å². The highest BCUT2D eigenvalue weighted by Gasteiger charge is 2.09. The molecular weight excluding hydrogens is 136 g/mol. The second-order valence-electron chi connectivity index (χ2n) is 2.58. The van der Waals surface area contributed by atoms with Crippen LogP contribution in [0.4, 0.5) is 0 Å². The number of Topliss-reactive ketones (excluding diaryl/α,β-unsaturated/α-hetero) is 1. The lowest BCUT2D eigenvalue weighted by Gasteiger charge is -2.03. The number of hydrogen-bond donors (Lipinski definition) is 0. The van der Waals surface area contributed by atoms with Crippen molar-refractivity contribution in [1.82, 2.24) is 0 Å². The zero-order valence-electron chi connectivity index (χ0n) is 7.64. The molecule has 0 aromatic heterocycles. The average Bonchev–Trinajstić information content (AvgIpc) is 2.02. The summed E-state index contributed by atoms with van der Waals surface area (Å²) in [5, 5.41) is 0. The Balaban J connectivity index is 4.25. The maximum Gasteiger partial charge on any atom is 0.164 e. The van der Waals surface area contributed by atoms with E-state index in [-0.39, 0.29) is 11.7 Å². The van der Waals surface area contributed by atoms with E-state index in [0.29, 0.717) is 0 Å². The first-order valence-corrected chi connectivity index (χ1v) is 3.81. The number of carbonyl (C=O) groups is 1. The lowest BCUT2D eigenvalue weighted by Crippen LogP contribution is -2.08. The molecule has 1 atom stereocenters. The third-order valence-electron chi connectivity index (χ3n) is 1.65. The fourth-order valence-electron chi connectivity index (χ4n) is 0.827. The van der Waals surface area contributed by atoms with Crippen molar-refractivity contribution >= 4 is 5.78 Å². The van der Waals surface area contributed by atoms with Crippen LogP contribution >= 0.6 is 0 Å². The lowest BCUT2D eigenvalue weighted by atomic mass is 10.00. The van der Waals surface area contributed by atoms with Gasteiger partial charge in [0, 0.05) is 5.92 Å². The molecule has 1 heteroatoms. The van der Waals surface area contributed by atoms with E-state index in [1.54, 1.807) is 13.0 Å². The average molecular weight is 151 g/mol. The first-order chi connectivity index (χ1) is 5.13. The molecule has 0 heterocycles. The first-order valence-electron chi connectivity index (χ1n) is 3.81. The molecule has 1 radical (unpaired) electrons. The van der Waals surface area contributed by atoms with Gasteiger partial charge in [-0.1, -0.05) is 25.2 Å². The second kappa shape index (κ2) is 4.89. The van der Waals surface area contributed by atoms with Crippen LogP contribution in [0.25, 0.3) is 0 Å². The molecule has 0 aliphatic carbocycles. The van der Waals surface area contributed by atoms with Gasteiger partial charge in [-0.05, 0) is 26.3 Å². The molecule has 0 aromatic rings. The monoisotopic (exact) mass is 151 g/mol. The fourth-order valence-corrected chi connectivity index (χ4v) is 0.827. The Labute approximate surface area is 68.8 Å². The molecule has 61 valence electrons. The SMILES string of the molecule is C/[C]=C/C(C)C(=O)/C(C)=C/C. The highest BCUT2D eigenvalue weighted by molar-refractivity contribution is 5.97. The van der Waals surface area contributed by atoms with Crippen molar-refractivity contribution < 1.29 is 4.79 Å². The third-order valence-corrected chi connectivity index (χ3v) is 1.65. The summed E-state index contributed by atoms with van der Waals surface area (Å²) in [5.41, 5.74) is 0.823. The summed E-state index contributed by atoms with van der Waals surface area (Å²) in [6.07, 6.45) is 6.48. The van der Waals surface area contributed by atoms with Gasteiger partial charge in [-0.3, -0.25) is 4.79 Å². The molecule has 0 rings (SSSR count). The third kappa shape index (κ3) is 3.17. The highest BCUT2D eigenvalue weighted by Crippen LogP contribution is 2.06. The van der Waals surface area contributed by atoms with Crippen LogP contribution in [0.1, 0.15) is 27.7 Å². The Morgan fingerprint density at radius 3 is 2.45 bits per heavy atom. The predicted octanol–water partition coefficient (Wildman–Crippen LogP) is 2.54. The smallest absolute Gasteiger partial charge is 0.164 e. The Kier molecular flexibility index (Phi) is 4.51. The predicted molar refractivity (Wildman–Crippen MR) is 47.1 cm³/mol. The largest absolute Gasteiger partial charge is 0.294 e. The molecule has 0 amide bonds. The van der Waals surface area contributed by atoms with Crippen molar-refractivity contribution in [3.05, 3.63) is 23.8 Å². The first kappa shape index (κ1) is 10.2. The summed E-state index contributed by atoms with van der Waals surface area (Å²) in [7, 11) is 0. The van der Waals surface area contributed by atoms with Gasteiger partial charge in [0.05, 0.1) is 0 Å². The van der Waals surface area contributed by atoms with Crippen LogP contribution in [0.5, 0.6) is 0 Å². The molecule has 0 saturated carbocycles. The Morgan fingerprint density at radius 2 is 2.09 bits per heavy atom. The van der Waals surface area contributed by atoms with Gasteiger partial charge in [0.15, 0.2) is 5.78 Å². The molecule has 1 nitrogen and oxygen atoms in total. The number of ketones is 1. The molecule has 0 saturated heterocycles. The van der Waals surface area contributed by atoms with E-state index >= 15 is 0 Å². The summed E-state index contributed by atoms with van der Waals surface area (Å²) in [6, 6.07) is 0. The zero-order valence-corrected chi connectivity index (χ0v) is 7.64. The van der Waals surface area contributed by atoms with E-state index in [9.17, 15) is 4.79 Å². The Hall–Kier alpha value is -0.850. The summed E-state index contributed by atoms with van der Waals surface area (Å²) in [6.45, 7) is 7.39. The Bertz CT molecular complexity index is 187. The summed E-state index contributed by atoms with van der Waals surface area (Å²) >= 11 is 0. The van der Waals surface area contributed by atoms with Gasteiger partial charge in [-0.15, -0.1) is 0 Å². The van der Waals surface area contributed by atoms with E-state index in [1.165, 1.54) is 0 Å². The van der Waals surface area contributed by atoms with E-state index < -0.39 is 0 Å². The van der Waals surface area contributed by atoms with Gasteiger partial charge in [0.2, 0.25) is 0 Å². The van der Waals surface area contributed by atoms with Crippen molar-refractivity contribution in [2.45, 2.75) is 27.7 Å². The molecule has 0 aliphatic heterocycles. The van der Waals surface area contributed by atoms with Crippen LogP contribution in [0.3, 0.4) is 0 Å². The second-order valence-corrected chi connectivity index (χ2v) is 2.58. The standard InChI is InChI=1S/C10H15O/c1-5-7-9(4)10(11)8(3)6-2/h6-7,9H,1-4H3/b7-5?,8-6+. The fraction of sp³-hybridized carbons (Fsp3) is 0.500. The zero-order chi connectivity index (χ0) is 8.85. The van der Waals surface area contributed by atoms with Gasteiger partial charge in [0.25, 0.3) is 0 Å². The molecular formula is C10H15O. The highest BCUT2D eigenvalue weighted by atomic mass is 16.1. The van der Waals surface area contributed by atoms with E-state index in [1.807, 2.05) is 26.8 Å². The van der Waals surface area contributed by atoms with Crippen LogP contribution < -0.4 is 0 Å². The minimum atomic E-state index is -0.0313. The van der Waals surface area contributed by atoms with Crippen LogP contribution in [0, 0.1) is 12.0 Å². The maximum atomic E-state index is 11.3. The number of allylic oxidation sites excluding steroid dienone is 4. The van der Waals surface area contributed by atoms with Crippen LogP contribution in [-0.4, -0.2) is 5.78 Å². The number of hydrogen-bond acceptors (Lipinski definition) is 1. The molecule has 0 aliphatic rings. The molecule has 1 unspecified atom stereocenters. The summed E-state index contributed by atoms with van der Waals surface area (Å²) < 4.78 is 0. The minimum Gasteiger partial charge on any atom is -0.294 e. The Morgan fingerprint density at radius 1 is 1.55 bits per heavy atom. The van der Waals surface area contributed by atoms with Crippen LogP contribution in [0.15, 0.2) is 17.7 Å². The molecule has 0 fully saturated rings. The summed E-state index contributed by atoms with van der Waals surface area (Å²) in [5.74, 6) is 0.151. The van der Waals surface area contributed by atoms with Crippen molar-refractivity contribution in [2.24, 2.45) is 5.92 Å². The van der Waals surface area contributed by atoms with Crippen molar-refractivity contribution in [3.63, 3.8) is 0 Å². The van der Waals surface area contributed by atoms with Gasteiger partial charge in [-0.2, -0.15) is 0 Å². The van der Waals surface area contributed by atoms with Gasteiger partial charge in [0.1, 0.15) is 0 Å². The molecule has 0 bridgehead atoms. The van der Waals surface area contributed by atoms with E-state index in [2.05, 4.69) is 6.08 Å². The molecule has 0 N–H and O–H groups in total. The van der Waals surface area contributed by atoms with Crippen molar-refractivity contribution in [2.75, 3.05) is 0 Å². The van der Waals surface area contributed by atoms with E-state index in [4.69, 9.17) is 0 Å². The van der Waals surface area contributed by atoms with Crippen LogP contribution in [-0.2, 0) is 4.79 Å². The van der Waals surface area contributed by atoms with Crippen molar-refractivity contribution in [1.29, 1.82) is 0 Å². The molecule has 0 aromatic carbocycles. The topological polar surface area (TPSA) is 17.1 Å². The van der Waals surface area contributed by atoms with Gasteiger partial charge < -0.3 is 0 Å². The minimum absolute atomic E-state index is 0.0313. The van der Waals surface area contributed by atoms with Gasteiger partial charge in [-0.25, -0.2) is 0 Å². The van der Waals surface area contributed by atoms with E-state index in [0.717, 1.165) is 5.57 Å². The number of carbonyl (C=O) groups excluding carboxylic acids is 1. The normalized spacial score (nSPS) is 15.5. The van der Waals surface area contributed by atoms with Crippen molar-refractivity contribution in [3.8, 4) is 0 Å². The quantitative estimate of drug-likeness (QED) is 0.566.